The van der Waals surface area contributed by atoms with Crippen LogP contribution in [0, 0.1) is 6.92 Å². The van der Waals surface area contributed by atoms with E-state index in [1.165, 1.54) is 48.8 Å². The molecule has 1 saturated carbocycles. The lowest BCUT2D eigenvalue weighted by Gasteiger charge is -2.27. The summed E-state index contributed by atoms with van der Waals surface area (Å²) in [5, 5.41) is 9.49. The maximum atomic E-state index is 6.26. The van der Waals surface area contributed by atoms with Gasteiger partial charge in [-0.05, 0) is 50.3 Å². The van der Waals surface area contributed by atoms with Crippen LogP contribution in [-0.4, -0.2) is 51.9 Å². The topological polar surface area (TPSA) is 55.2 Å². The molecule has 0 bridgehead atoms. The van der Waals surface area contributed by atoms with Crippen LogP contribution in [0.2, 0.25) is 0 Å². The van der Waals surface area contributed by atoms with Gasteiger partial charge in [-0.2, -0.15) is 0 Å². The largest absolute Gasteiger partial charge is 0.473 e. The molecular weight excluding hydrogens is 410 g/mol. The molecule has 5 rings (SSSR count). The minimum absolute atomic E-state index is 0.0673. The average Bonchev–Trinajstić information content (AvgIpc) is 3.19. The van der Waals surface area contributed by atoms with Crippen LogP contribution < -0.4 is 10.1 Å². The van der Waals surface area contributed by atoms with Gasteiger partial charge in [0.1, 0.15) is 0 Å². The molecule has 176 valence electrons. The third kappa shape index (κ3) is 4.78. The molecule has 33 heavy (non-hydrogen) atoms. The number of pyridine rings is 1. The van der Waals surface area contributed by atoms with E-state index in [0.29, 0.717) is 6.04 Å². The van der Waals surface area contributed by atoms with Gasteiger partial charge in [-0.15, -0.1) is 5.10 Å². The molecule has 2 fully saturated rings. The van der Waals surface area contributed by atoms with E-state index in [1.807, 2.05) is 6.20 Å². The molecule has 6 nitrogen and oxygen atoms in total. The summed E-state index contributed by atoms with van der Waals surface area (Å²) in [6, 6.07) is 9.48. The first-order valence-corrected chi connectivity index (χ1v) is 12.7. The Kier molecular flexibility index (Phi) is 6.65. The van der Waals surface area contributed by atoms with Crippen molar-refractivity contribution in [3.05, 3.63) is 41.6 Å². The van der Waals surface area contributed by atoms with Crippen molar-refractivity contribution in [3.8, 4) is 17.0 Å². The van der Waals surface area contributed by atoms with Crippen molar-refractivity contribution < 1.29 is 4.74 Å². The van der Waals surface area contributed by atoms with Crippen LogP contribution >= 0.6 is 0 Å². The number of nitrogens with one attached hydrogen (secondary N) is 1. The molecule has 1 aromatic carbocycles. The minimum atomic E-state index is 0.0673. The average molecular weight is 448 g/mol. The van der Waals surface area contributed by atoms with Crippen LogP contribution in [0.1, 0.15) is 63.1 Å². The Morgan fingerprint density at radius 1 is 1.06 bits per heavy atom. The van der Waals surface area contributed by atoms with Gasteiger partial charge in [-0.25, -0.2) is 9.67 Å². The zero-order chi connectivity index (χ0) is 22.8. The van der Waals surface area contributed by atoms with Gasteiger partial charge in [0, 0.05) is 44.5 Å². The second-order valence-corrected chi connectivity index (χ2v) is 9.95. The Morgan fingerprint density at radius 2 is 1.79 bits per heavy atom. The molecule has 0 atom stereocenters. The Hall–Kier alpha value is -2.44. The van der Waals surface area contributed by atoms with E-state index in [2.05, 4.69) is 59.9 Å². The smallest absolute Gasteiger partial charge is 0.243 e. The number of benzene rings is 1. The Bertz CT molecular complexity index is 1080. The predicted molar refractivity (Wildman–Crippen MR) is 134 cm³/mol. The van der Waals surface area contributed by atoms with Gasteiger partial charge in [0.15, 0.2) is 5.65 Å². The van der Waals surface area contributed by atoms with Crippen molar-refractivity contribution in [1.82, 2.24) is 25.0 Å². The van der Waals surface area contributed by atoms with Crippen molar-refractivity contribution in [2.75, 3.05) is 26.2 Å². The Morgan fingerprint density at radius 3 is 2.48 bits per heavy atom. The molecule has 0 unspecified atom stereocenters. The lowest BCUT2D eigenvalue weighted by molar-refractivity contribution is 0.228. The van der Waals surface area contributed by atoms with Crippen LogP contribution in [0.15, 0.2) is 30.5 Å². The first kappa shape index (κ1) is 22.4. The summed E-state index contributed by atoms with van der Waals surface area (Å²) in [7, 11) is 0. The van der Waals surface area contributed by atoms with Gasteiger partial charge in [-0.1, -0.05) is 43.5 Å². The van der Waals surface area contributed by atoms with Crippen molar-refractivity contribution in [1.29, 1.82) is 0 Å². The minimum Gasteiger partial charge on any atom is -0.473 e. The Labute approximate surface area is 197 Å². The molecule has 1 saturated heterocycles. The molecule has 3 heterocycles. The number of ether oxygens (including phenoxy) is 1. The summed E-state index contributed by atoms with van der Waals surface area (Å²) < 4.78 is 8.42. The molecule has 2 aromatic heterocycles. The standard InChI is InChI=1S/C27H37N5O/c1-19(2)33-27-25-24(22-11-9-21(10-12-22)18-31-15-13-28-14-16-31)20(3)17-29-26(25)32(30-27)23-7-5-4-6-8-23/h9-12,17,19,23,28H,4-8,13-16,18H2,1-3H3. The van der Waals surface area contributed by atoms with Gasteiger partial charge >= 0.3 is 0 Å². The van der Waals surface area contributed by atoms with E-state index in [0.717, 1.165) is 55.2 Å². The monoisotopic (exact) mass is 447 g/mol. The van der Waals surface area contributed by atoms with E-state index in [-0.39, 0.29) is 6.10 Å². The van der Waals surface area contributed by atoms with Crippen molar-refractivity contribution in [2.45, 2.75) is 71.6 Å². The molecule has 3 aromatic rings. The van der Waals surface area contributed by atoms with Crippen LogP contribution in [0.25, 0.3) is 22.2 Å². The third-order valence-corrected chi connectivity index (χ3v) is 7.00. The van der Waals surface area contributed by atoms with Gasteiger partial charge in [0.2, 0.25) is 5.88 Å². The molecule has 0 amide bonds. The summed E-state index contributed by atoms with van der Waals surface area (Å²) in [5.74, 6) is 0.724. The summed E-state index contributed by atoms with van der Waals surface area (Å²) in [6.45, 7) is 11.7. The second-order valence-electron chi connectivity index (χ2n) is 9.95. The highest BCUT2D eigenvalue weighted by Crippen LogP contribution is 2.40. The molecule has 2 aliphatic rings. The molecule has 0 radical (unpaired) electrons. The quantitative estimate of drug-likeness (QED) is 0.569. The zero-order valence-corrected chi connectivity index (χ0v) is 20.3. The van der Waals surface area contributed by atoms with Crippen LogP contribution in [-0.2, 0) is 6.54 Å². The van der Waals surface area contributed by atoms with Gasteiger partial charge < -0.3 is 10.1 Å². The molecule has 1 aliphatic heterocycles. The first-order chi connectivity index (χ1) is 16.1. The number of aryl methyl sites for hydroxylation is 1. The summed E-state index contributed by atoms with van der Waals surface area (Å²) in [4.78, 5) is 7.39. The predicted octanol–water partition coefficient (Wildman–Crippen LogP) is 5.10. The van der Waals surface area contributed by atoms with Crippen molar-refractivity contribution >= 4 is 11.0 Å². The third-order valence-electron chi connectivity index (χ3n) is 7.00. The van der Waals surface area contributed by atoms with Gasteiger partial charge in [-0.3, -0.25) is 4.90 Å². The molecular formula is C27H37N5O. The van der Waals surface area contributed by atoms with Crippen LogP contribution in [0.3, 0.4) is 0 Å². The fourth-order valence-electron chi connectivity index (χ4n) is 5.33. The number of aromatic nitrogens is 3. The van der Waals surface area contributed by atoms with Gasteiger partial charge in [0.05, 0.1) is 17.5 Å². The van der Waals surface area contributed by atoms with Crippen molar-refractivity contribution in [2.24, 2.45) is 0 Å². The van der Waals surface area contributed by atoms with E-state index >= 15 is 0 Å². The number of fused-ring (bicyclic) bond motifs is 1. The summed E-state index contributed by atoms with van der Waals surface area (Å²) >= 11 is 0. The van der Waals surface area contributed by atoms with Crippen LogP contribution in [0.5, 0.6) is 5.88 Å². The molecule has 0 spiro atoms. The number of hydrogen-bond acceptors (Lipinski definition) is 5. The fourth-order valence-corrected chi connectivity index (χ4v) is 5.33. The number of rotatable bonds is 6. The van der Waals surface area contributed by atoms with Crippen LogP contribution in [0.4, 0.5) is 0 Å². The zero-order valence-electron chi connectivity index (χ0n) is 20.3. The highest BCUT2D eigenvalue weighted by Gasteiger charge is 2.25. The molecule has 6 heteroatoms. The van der Waals surface area contributed by atoms with E-state index < -0.39 is 0 Å². The Balaban J connectivity index is 1.54. The SMILES string of the molecule is Cc1cnc2c(c(OC(C)C)nn2C2CCCCC2)c1-c1ccc(CN2CCNCC2)cc1. The molecule has 1 aliphatic carbocycles. The maximum absolute atomic E-state index is 6.26. The summed E-state index contributed by atoms with van der Waals surface area (Å²) in [6.07, 6.45) is 8.26. The maximum Gasteiger partial charge on any atom is 0.243 e. The number of hydrogen-bond donors (Lipinski definition) is 1. The van der Waals surface area contributed by atoms with E-state index in [9.17, 15) is 0 Å². The van der Waals surface area contributed by atoms with Crippen molar-refractivity contribution in [3.63, 3.8) is 0 Å². The summed E-state index contributed by atoms with van der Waals surface area (Å²) in [5.41, 5.74) is 5.89. The molecule has 1 N–H and O–H groups in total. The normalized spacial score (nSPS) is 18.3. The highest BCUT2D eigenvalue weighted by atomic mass is 16.5. The number of nitrogens with zero attached hydrogens (tertiary/aromatic N) is 4. The lowest BCUT2D eigenvalue weighted by Crippen LogP contribution is -2.42. The first-order valence-electron chi connectivity index (χ1n) is 12.7. The van der Waals surface area contributed by atoms with Gasteiger partial charge in [0.25, 0.3) is 0 Å². The van der Waals surface area contributed by atoms with E-state index in [1.54, 1.807) is 0 Å². The number of piperazine rings is 1. The van der Waals surface area contributed by atoms with E-state index in [4.69, 9.17) is 14.8 Å². The second kappa shape index (κ2) is 9.82. The lowest BCUT2D eigenvalue weighted by atomic mass is 9.95. The highest BCUT2D eigenvalue weighted by molar-refractivity contribution is 5.98. The fraction of sp³-hybridized carbons (Fsp3) is 0.556.